The molecule has 0 saturated carbocycles. The van der Waals surface area contributed by atoms with Gasteiger partial charge in [-0.25, -0.2) is 9.91 Å². The number of amides is 1. The van der Waals surface area contributed by atoms with E-state index in [0.717, 1.165) is 45.5 Å². The molecule has 3 aliphatic rings. The summed E-state index contributed by atoms with van der Waals surface area (Å²) < 4.78 is 13.2. The van der Waals surface area contributed by atoms with Gasteiger partial charge in [0, 0.05) is 17.0 Å². The van der Waals surface area contributed by atoms with E-state index in [1.165, 1.54) is 0 Å². The second-order valence-corrected chi connectivity index (χ2v) is 12.7. The Morgan fingerprint density at radius 3 is 2.41 bits per heavy atom. The maximum Gasteiger partial charge on any atom is 0.321 e. The maximum atomic E-state index is 14.1. The van der Waals surface area contributed by atoms with Crippen molar-refractivity contribution >= 4 is 46.1 Å². The molecule has 5 aromatic carbocycles. The molecule has 5 aromatic rings. The first-order valence-corrected chi connectivity index (χ1v) is 16.2. The molecule has 46 heavy (non-hydrogen) atoms. The van der Waals surface area contributed by atoms with Gasteiger partial charge in [-0.05, 0) is 77.0 Å². The molecule has 3 heterocycles. The summed E-state index contributed by atoms with van der Waals surface area (Å²) in [5.74, 6) is 0.0122. The Hall–Kier alpha value is -4.98. The first-order chi connectivity index (χ1) is 22.6. The van der Waals surface area contributed by atoms with Crippen LogP contribution in [0.4, 0.5) is 10.5 Å². The second kappa shape index (κ2) is 11.7. The van der Waals surface area contributed by atoms with E-state index in [0.29, 0.717) is 34.4 Å². The summed E-state index contributed by atoms with van der Waals surface area (Å²) >= 11 is 7.69. The van der Waals surface area contributed by atoms with Gasteiger partial charge in [0.2, 0.25) is 0 Å². The summed E-state index contributed by atoms with van der Waals surface area (Å²) in [6, 6.07) is 43.2. The van der Waals surface area contributed by atoms with Gasteiger partial charge in [0.15, 0.2) is 0 Å². The number of ether oxygens (including phenoxy) is 2. The van der Waals surface area contributed by atoms with Gasteiger partial charge >= 0.3 is 5.85 Å². The fraction of sp³-hybridized carbons (Fsp3) is 0.105. The van der Waals surface area contributed by atoms with Crippen molar-refractivity contribution in [3.63, 3.8) is 0 Å². The normalized spacial score (nSPS) is 20.8. The number of hydrogen-bond acceptors (Lipinski definition) is 6. The number of rotatable bonds is 6. The van der Waals surface area contributed by atoms with Gasteiger partial charge in [0.05, 0.1) is 22.3 Å². The molecule has 3 aliphatic heterocycles. The van der Waals surface area contributed by atoms with Crippen LogP contribution in [0.3, 0.4) is 0 Å². The molecular weight excluding hydrogens is 614 g/mol. The van der Waals surface area contributed by atoms with Gasteiger partial charge < -0.3 is 9.47 Å². The largest absolute Gasteiger partial charge is 0.489 e. The van der Waals surface area contributed by atoms with Crippen LogP contribution in [-0.2, 0) is 6.61 Å². The van der Waals surface area contributed by atoms with Crippen LogP contribution in [0.1, 0.15) is 34.7 Å². The van der Waals surface area contributed by atoms with Gasteiger partial charge in [-0.1, -0.05) is 103 Å². The summed E-state index contributed by atoms with van der Waals surface area (Å²) in [6.07, 6.45) is 2.63. The van der Waals surface area contributed by atoms with Crippen molar-refractivity contribution in [1.82, 2.24) is 5.01 Å². The molecule has 2 unspecified atom stereocenters. The van der Waals surface area contributed by atoms with Gasteiger partial charge in [-0.3, -0.25) is 4.79 Å². The predicted molar refractivity (Wildman–Crippen MR) is 184 cm³/mol. The molecule has 8 heteroatoms. The summed E-state index contributed by atoms with van der Waals surface area (Å²) in [6.45, 7) is 0.453. The highest BCUT2D eigenvalue weighted by Gasteiger charge is 2.63. The third-order valence-corrected chi connectivity index (χ3v) is 9.53. The number of thioether (sulfide) groups is 1. The van der Waals surface area contributed by atoms with E-state index < -0.39 is 5.85 Å². The van der Waals surface area contributed by atoms with Crippen molar-refractivity contribution in [2.45, 2.75) is 24.9 Å². The van der Waals surface area contributed by atoms with Crippen molar-refractivity contribution in [3.8, 4) is 11.5 Å². The number of carbonyl (C=O) groups is 1. The second-order valence-electron chi connectivity index (χ2n) is 11.3. The molecule has 0 radical (unpaired) electrons. The molecule has 8 rings (SSSR count). The highest BCUT2D eigenvalue weighted by molar-refractivity contribution is 8.17. The average Bonchev–Trinajstić information content (AvgIpc) is 3.66. The minimum atomic E-state index is -1.38. The van der Waals surface area contributed by atoms with E-state index in [2.05, 4.69) is 12.1 Å². The van der Waals surface area contributed by atoms with Crippen LogP contribution in [0.2, 0.25) is 5.02 Å². The summed E-state index contributed by atoms with van der Waals surface area (Å²) in [4.78, 5) is 16.6. The third kappa shape index (κ3) is 5.02. The number of hydrogen-bond donors (Lipinski definition) is 0. The lowest BCUT2D eigenvalue weighted by Gasteiger charge is -2.49. The molecule has 1 saturated heterocycles. The van der Waals surface area contributed by atoms with E-state index in [4.69, 9.17) is 26.2 Å². The van der Waals surface area contributed by atoms with Crippen molar-refractivity contribution in [2.24, 2.45) is 5.10 Å². The van der Waals surface area contributed by atoms with Crippen molar-refractivity contribution < 1.29 is 14.3 Å². The lowest BCUT2D eigenvalue weighted by molar-refractivity contribution is -0.0763. The number of halogens is 1. The Bertz CT molecular complexity index is 1990. The number of anilines is 1. The highest BCUT2D eigenvalue weighted by Crippen LogP contribution is 2.57. The maximum absolute atomic E-state index is 14.1. The lowest BCUT2D eigenvalue weighted by Crippen LogP contribution is -2.63. The van der Waals surface area contributed by atoms with Gasteiger partial charge in [-0.15, -0.1) is 0 Å². The summed E-state index contributed by atoms with van der Waals surface area (Å²) in [5, 5.41) is 7.65. The Morgan fingerprint density at radius 2 is 1.63 bits per heavy atom. The van der Waals surface area contributed by atoms with Crippen LogP contribution in [0.15, 0.2) is 143 Å². The van der Waals surface area contributed by atoms with Crippen molar-refractivity contribution in [1.29, 1.82) is 0 Å². The van der Waals surface area contributed by atoms with Crippen LogP contribution < -0.4 is 14.4 Å². The molecule has 1 amide bonds. The van der Waals surface area contributed by atoms with E-state index in [9.17, 15) is 4.79 Å². The number of benzene rings is 5. The molecule has 1 spiro atoms. The topological polar surface area (TPSA) is 54.4 Å². The first-order valence-electron chi connectivity index (χ1n) is 15.1. The standard InChI is InChI=1S/C38H28ClN3O3S/c39-29-19-20-35-32(23-29)34-24-33(28-14-6-2-7-15-28)40-42(34)38(45-35)36(46-37(43)41(38)30-16-8-3-9-17-30)22-27-13-10-18-31(21-27)44-25-26-11-4-1-5-12-26/h1-23,34H,24-25H2/b36-22-. The molecule has 6 nitrogen and oxygen atoms in total. The minimum absolute atomic E-state index is 0.159. The SMILES string of the molecule is O=C1S/C(=C\c2cccc(OCc3ccccc3)c2)C2(Oc3ccc(Cl)cc3C3CC(c4ccccc4)=NN32)N1c1ccccc1. The Labute approximate surface area is 276 Å². The van der Waals surface area contributed by atoms with Crippen LogP contribution in [0.5, 0.6) is 11.5 Å². The fourth-order valence-electron chi connectivity index (χ4n) is 6.23. The van der Waals surface area contributed by atoms with Crippen LogP contribution >= 0.6 is 23.4 Å². The van der Waals surface area contributed by atoms with E-state index in [-0.39, 0.29) is 11.3 Å². The number of para-hydroxylation sites is 1. The average molecular weight is 642 g/mol. The minimum Gasteiger partial charge on any atom is -0.489 e. The Kier molecular flexibility index (Phi) is 7.28. The predicted octanol–water partition coefficient (Wildman–Crippen LogP) is 9.53. The van der Waals surface area contributed by atoms with Gasteiger partial charge in [-0.2, -0.15) is 5.10 Å². The molecule has 0 N–H and O–H groups in total. The first kappa shape index (κ1) is 28.5. The third-order valence-electron chi connectivity index (χ3n) is 8.33. The summed E-state index contributed by atoms with van der Waals surface area (Å²) in [5.41, 5.74) is 5.54. The molecule has 2 atom stereocenters. The van der Waals surface area contributed by atoms with Gasteiger partial charge in [0.25, 0.3) is 5.24 Å². The molecule has 1 fully saturated rings. The van der Waals surface area contributed by atoms with E-state index >= 15 is 0 Å². The van der Waals surface area contributed by atoms with Crippen molar-refractivity contribution in [2.75, 3.05) is 4.90 Å². The quantitative estimate of drug-likeness (QED) is 0.185. The van der Waals surface area contributed by atoms with E-state index in [1.807, 2.05) is 132 Å². The monoisotopic (exact) mass is 641 g/mol. The Morgan fingerprint density at radius 1 is 0.891 bits per heavy atom. The fourth-order valence-corrected chi connectivity index (χ4v) is 7.47. The van der Waals surface area contributed by atoms with Crippen LogP contribution in [0, 0.1) is 0 Å². The van der Waals surface area contributed by atoms with Gasteiger partial charge in [0.1, 0.15) is 18.1 Å². The summed E-state index contributed by atoms with van der Waals surface area (Å²) in [7, 11) is 0. The zero-order valence-corrected chi connectivity index (χ0v) is 26.2. The number of nitrogens with zero attached hydrogens (tertiary/aromatic N) is 3. The molecule has 0 aromatic heterocycles. The van der Waals surface area contributed by atoms with E-state index in [1.54, 1.807) is 4.90 Å². The molecule has 0 bridgehead atoms. The Balaban J connectivity index is 1.28. The molecular formula is C38H28ClN3O3S. The molecule has 226 valence electrons. The molecule has 0 aliphatic carbocycles. The van der Waals surface area contributed by atoms with Crippen LogP contribution in [0.25, 0.3) is 6.08 Å². The lowest BCUT2D eigenvalue weighted by atomic mass is 9.95. The number of carbonyl (C=O) groups excluding carboxylic acids is 1. The highest BCUT2D eigenvalue weighted by atomic mass is 35.5. The number of hydrazone groups is 1. The van der Waals surface area contributed by atoms with Crippen molar-refractivity contribution in [3.05, 3.63) is 166 Å². The zero-order chi connectivity index (χ0) is 31.1. The van der Waals surface area contributed by atoms with Crippen LogP contribution in [-0.4, -0.2) is 21.8 Å². The smallest absolute Gasteiger partial charge is 0.321 e. The number of fused-ring (bicyclic) bond motifs is 4. The zero-order valence-electron chi connectivity index (χ0n) is 24.6.